The van der Waals surface area contributed by atoms with E-state index in [1.54, 1.807) is 11.0 Å². The summed E-state index contributed by atoms with van der Waals surface area (Å²) in [6.07, 6.45) is 3.33. The van der Waals surface area contributed by atoms with Crippen LogP contribution in [0.5, 0.6) is 0 Å². The standard InChI is InChI=1S/C28H32Cl2N2O3/c1-16-25-24(17-5-8-19(29)9-6-17)22(11-12-28(25,2)27(35)31-16)21-10-7-18(14-23(21)30)26(34)32-13-3-4-20(32)15-33/h5-10,14,16,20,22,24-25,33H,3-4,11-13,15H2,1-2H3,(H,31,35)/t16-,20-,22+,24+,25+,28-/m1/s1. The van der Waals surface area contributed by atoms with Crippen LogP contribution in [0.25, 0.3) is 0 Å². The molecule has 1 aliphatic carbocycles. The van der Waals surface area contributed by atoms with Crippen molar-refractivity contribution in [3.63, 3.8) is 0 Å². The van der Waals surface area contributed by atoms with Crippen LogP contribution in [-0.2, 0) is 4.79 Å². The Morgan fingerprint density at radius 2 is 1.91 bits per heavy atom. The molecule has 0 radical (unpaired) electrons. The number of hydrogen-bond acceptors (Lipinski definition) is 3. The zero-order chi connectivity index (χ0) is 24.9. The second-order valence-corrected chi connectivity index (χ2v) is 11.5. The Labute approximate surface area is 216 Å². The molecule has 6 atom stereocenters. The fourth-order valence-electron chi connectivity index (χ4n) is 6.93. The topological polar surface area (TPSA) is 69.6 Å². The summed E-state index contributed by atoms with van der Waals surface area (Å²) in [6, 6.07) is 13.5. The van der Waals surface area contributed by atoms with Gasteiger partial charge in [0.05, 0.1) is 18.1 Å². The molecule has 5 nitrogen and oxygen atoms in total. The van der Waals surface area contributed by atoms with Gasteiger partial charge in [-0.2, -0.15) is 0 Å². The van der Waals surface area contributed by atoms with E-state index in [1.165, 1.54) is 0 Å². The molecule has 0 bridgehead atoms. The number of carbonyl (C=O) groups is 2. The summed E-state index contributed by atoms with van der Waals surface area (Å²) in [5.41, 5.74) is 2.28. The monoisotopic (exact) mass is 514 g/mol. The van der Waals surface area contributed by atoms with Crippen LogP contribution in [0.15, 0.2) is 42.5 Å². The van der Waals surface area contributed by atoms with Crippen LogP contribution in [0.2, 0.25) is 10.0 Å². The van der Waals surface area contributed by atoms with Gasteiger partial charge in [-0.05, 0) is 79.8 Å². The van der Waals surface area contributed by atoms with E-state index in [9.17, 15) is 14.7 Å². The largest absolute Gasteiger partial charge is 0.394 e. The van der Waals surface area contributed by atoms with Crippen LogP contribution in [0.3, 0.4) is 0 Å². The van der Waals surface area contributed by atoms with E-state index in [4.69, 9.17) is 23.2 Å². The Morgan fingerprint density at radius 3 is 2.60 bits per heavy atom. The number of carbonyl (C=O) groups excluding carboxylic acids is 2. The number of benzene rings is 2. The fourth-order valence-corrected chi connectivity index (χ4v) is 7.38. The minimum Gasteiger partial charge on any atom is -0.394 e. The van der Waals surface area contributed by atoms with Crippen LogP contribution in [0.4, 0.5) is 0 Å². The summed E-state index contributed by atoms with van der Waals surface area (Å²) >= 11 is 13.1. The average Bonchev–Trinajstić information content (AvgIpc) is 3.41. The molecule has 2 aromatic rings. The molecule has 2 heterocycles. The first-order valence-corrected chi connectivity index (χ1v) is 13.3. The number of nitrogens with one attached hydrogen (secondary N) is 1. The Balaban J connectivity index is 1.52. The molecule has 0 spiro atoms. The van der Waals surface area contributed by atoms with Crippen molar-refractivity contribution in [2.45, 2.75) is 63.5 Å². The molecule has 0 unspecified atom stereocenters. The summed E-state index contributed by atoms with van der Waals surface area (Å²) in [7, 11) is 0. The van der Waals surface area contributed by atoms with Gasteiger partial charge in [-0.1, -0.05) is 48.3 Å². The smallest absolute Gasteiger partial charge is 0.254 e. The van der Waals surface area contributed by atoms with Crippen molar-refractivity contribution in [2.75, 3.05) is 13.2 Å². The first kappa shape index (κ1) is 24.6. The van der Waals surface area contributed by atoms with Gasteiger partial charge in [0.1, 0.15) is 0 Å². The van der Waals surface area contributed by atoms with E-state index in [0.29, 0.717) is 22.2 Å². The average molecular weight is 515 g/mol. The summed E-state index contributed by atoms with van der Waals surface area (Å²) in [5, 5.41) is 14.1. The molecular weight excluding hydrogens is 483 g/mol. The normalized spacial score (nSPS) is 32.4. The number of likely N-dealkylation sites (tertiary alicyclic amines) is 1. The van der Waals surface area contributed by atoms with Gasteiger partial charge in [0.2, 0.25) is 5.91 Å². The number of aliphatic hydroxyl groups excluding tert-OH is 1. The van der Waals surface area contributed by atoms with Crippen LogP contribution in [-0.4, -0.2) is 47.1 Å². The Bertz CT molecular complexity index is 1140. The highest BCUT2D eigenvalue weighted by atomic mass is 35.5. The van der Waals surface area contributed by atoms with Gasteiger partial charge in [-0.25, -0.2) is 0 Å². The van der Waals surface area contributed by atoms with E-state index < -0.39 is 5.41 Å². The first-order chi connectivity index (χ1) is 16.7. The van der Waals surface area contributed by atoms with E-state index in [0.717, 1.165) is 36.8 Å². The molecular formula is C28H32Cl2N2O3. The number of aliphatic hydroxyl groups is 1. The molecule has 186 valence electrons. The van der Waals surface area contributed by atoms with Crippen LogP contribution in [0, 0.1) is 11.3 Å². The summed E-state index contributed by atoms with van der Waals surface area (Å²) in [4.78, 5) is 27.9. The highest BCUT2D eigenvalue weighted by molar-refractivity contribution is 6.32. The summed E-state index contributed by atoms with van der Waals surface area (Å²) < 4.78 is 0. The highest BCUT2D eigenvalue weighted by Gasteiger charge is 2.57. The lowest BCUT2D eigenvalue weighted by atomic mass is 9.56. The van der Waals surface area contributed by atoms with Crippen molar-refractivity contribution in [2.24, 2.45) is 11.3 Å². The molecule has 0 aromatic heterocycles. The van der Waals surface area contributed by atoms with Crippen molar-refractivity contribution in [3.05, 3.63) is 69.2 Å². The minimum absolute atomic E-state index is 0.0203. The van der Waals surface area contributed by atoms with Gasteiger partial charge < -0.3 is 15.3 Å². The van der Waals surface area contributed by atoms with E-state index in [1.807, 2.05) is 24.3 Å². The third kappa shape index (κ3) is 4.16. The number of amides is 2. The molecule has 2 saturated heterocycles. The zero-order valence-corrected chi connectivity index (χ0v) is 21.6. The molecule has 2 aromatic carbocycles. The number of halogens is 2. The third-order valence-corrected chi connectivity index (χ3v) is 9.28. The number of rotatable bonds is 4. The predicted molar refractivity (Wildman–Crippen MR) is 138 cm³/mol. The second-order valence-electron chi connectivity index (χ2n) is 10.6. The van der Waals surface area contributed by atoms with E-state index in [-0.39, 0.29) is 48.3 Å². The maximum atomic E-state index is 13.1. The maximum absolute atomic E-state index is 13.1. The summed E-state index contributed by atoms with van der Waals surface area (Å²) in [6.45, 7) is 4.82. The van der Waals surface area contributed by atoms with Crippen LogP contribution >= 0.6 is 23.2 Å². The van der Waals surface area contributed by atoms with E-state index in [2.05, 4.69) is 31.3 Å². The molecule has 35 heavy (non-hydrogen) atoms. The molecule has 1 saturated carbocycles. The third-order valence-electron chi connectivity index (χ3n) is 8.70. The molecule has 5 rings (SSSR count). The number of fused-ring (bicyclic) bond motifs is 1. The molecule has 2 N–H and O–H groups in total. The van der Waals surface area contributed by atoms with Crippen molar-refractivity contribution >= 4 is 35.0 Å². The SMILES string of the molecule is C[C@H]1NC(=O)[C@]2(C)CC[C@@H](c3ccc(C(=O)N4CCC[C@@H]4CO)cc3Cl)[C@H](c3ccc(Cl)cc3)[C@H]12. The highest BCUT2D eigenvalue weighted by Crippen LogP contribution is 2.59. The van der Waals surface area contributed by atoms with Crippen LogP contribution < -0.4 is 5.32 Å². The van der Waals surface area contributed by atoms with Crippen molar-refractivity contribution in [1.29, 1.82) is 0 Å². The quantitative estimate of drug-likeness (QED) is 0.574. The van der Waals surface area contributed by atoms with Gasteiger partial charge in [0.25, 0.3) is 5.91 Å². The molecule has 3 aliphatic rings. The van der Waals surface area contributed by atoms with Gasteiger partial charge in [-0.3, -0.25) is 9.59 Å². The lowest BCUT2D eigenvalue weighted by Gasteiger charge is -2.46. The maximum Gasteiger partial charge on any atom is 0.254 e. The lowest BCUT2D eigenvalue weighted by Crippen LogP contribution is -2.42. The predicted octanol–water partition coefficient (Wildman–Crippen LogP) is 5.39. The Morgan fingerprint density at radius 1 is 1.17 bits per heavy atom. The van der Waals surface area contributed by atoms with Crippen molar-refractivity contribution < 1.29 is 14.7 Å². The molecule has 3 fully saturated rings. The molecule has 2 amide bonds. The van der Waals surface area contributed by atoms with Gasteiger partial charge in [0.15, 0.2) is 0 Å². The van der Waals surface area contributed by atoms with Crippen LogP contribution in [0.1, 0.15) is 72.9 Å². The van der Waals surface area contributed by atoms with Gasteiger partial charge in [-0.15, -0.1) is 0 Å². The first-order valence-electron chi connectivity index (χ1n) is 12.5. The molecule has 7 heteroatoms. The zero-order valence-electron chi connectivity index (χ0n) is 20.1. The minimum atomic E-state index is -0.433. The van der Waals surface area contributed by atoms with Gasteiger partial charge in [0, 0.05) is 34.1 Å². The Kier molecular flexibility index (Phi) is 6.62. The van der Waals surface area contributed by atoms with E-state index >= 15 is 0 Å². The van der Waals surface area contributed by atoms with Crippen molar-refractivity contribution in [1.82, 2.24) is 10.2 Å². The molecule has 2 aliphatic heterocycles. The second kappa shape index (κ2) is 9.42. The van der Waals surface area contributed by atoms with Crippen molar-refractivity contribution in [3.8, 4) is 0 Å². The number of hydrogen-bond donors (Lipinski definition) is 2. The fraction of sp³-hybridized carbons (Fsp3) is 0.500. The lowest BCUT2D eigenvalue weighted by molar-refractivity contribution is -0.129. The number of nitrogens with zero attached hydrogens (tertiary/aromatic N) is 1. The Hall–Kier alpha value is -2.08. The summed E-state index contributed by atoms with van der Waals surface area (Å²) in [5.74, 6) is 0.347. The van der Waals surface area contributed by atoms with Gasteiger partial charge >= 0.3 is 0 Å².